The summed E-state index contributed by atoms with van der Waals surface area (Å²) in [6.45, 7) is 0. The molecule has 0 atom stereocenters. The second-order valence-corrected chi connectivity index (χ2v) is 18.4. The van der Waals surface area contributed by atoms with Crippen LogP contribution in [0.2, 0.25) is 20.9 Å². The normalized spacial score (nSPS) is 13.5. The van der Waals surface area contributed by atoms with Crippen molar-refractivity contribution in [1.29, 1.82) is 0 Å². The van der Waals surface area contributed by atoms with E-state index in [1.54, 1.807) is 0 Å². The Kier molecular flexibility index (Phi) is 5.26. The summed E-state index contributed by atoms with van der Waals surface area (Å²) in [4.78, 5) is 3.30. The third kappa shape index (κ3) is 4.00. The van der Waals surface area contributed by atoms with E-state index in [0.717, 1.165) is 0 Å². The molecule has 0 aromatic carbocycles. The summed E-state index contributed by atoms with van der Waals surface area (Å²) >= 11 is -2.13. The zero-order valence-corrected chi connectivity index (χ0v) is 11.2. The Morgan fingerprint density at radius 3 is 1.75 bits per heavy atom. The van der Waals surface area contributed by atoms with Gasteiger partial charge in [0, 0.05) is 0 Å². The van der Waals surface area contributed by atoms with Gasteiger partial charge in [0.05, 0.1) is 0 Å². The molecule has 0 aliphatic heterocycles. The zero-order valence-electron chi connectivity index (χ0n) is 8.05. The van der Waals surface area contributed by atoms with Crippen molar-refractivity contribution in [2.45, 2.75) is 20.9 Å². The van der Waals surface area contributed by atoms with Crippen LogP contribution >= 0.6 is 24.8 Å². The number of rotatable bonds is 1. The minimum absolute atomic E-state index is 0. The molecule has 1 N–H and O–H groups in total. The number of H-pyrrole nitrogens is 1. The SMILES string of the molecule is Cl.Cl.[CH3][Ti]([CH3])([CH3])([CH3])[c]1ccc[nH]1. The summed E-state index contributed by atoms with van der Waals surface area (Å²) < 4.78 is 1.47. The second-order valence-electron chi connectivity index (χ2n) is 5.08. The first-order valence-electron chi connectivity index (χ1n) is 3.74. The Hall–Kier alpha value is 0.574. The van der Waals surface area contributed by atoms with Gasteiger partial charge in [-0.05, 0) is 0 Å². The Bertz CT molecular complexity index is 214. The van der Waals surface area contributed by atoms with Crippen molar-refractivity contribution in [2.75, 3.05) is 0 Å². The van der Waals surface area contributed by atoms with Gasteiger partial charge >= 0.3 is 63.5 Å². The van der Waals surface area contributed by atoms with Gasteiger partial charge in [-0.15, -0.1) is 24.8 Å². The summed E-state index contributed by atoms with van der Waals surface area (Å²) in [5, 5.41) is 9.62. The maximum atomic E-state index is 3.30. The molecule has 1 aromatic rings. The van der Waals surface area contributed by atoms with Crippen molar-refractivity contribution in [3.63, 3.8) is 0 Å². The Balaban J connectivity index is 0. The molecule has 1 heterocycles. The van der Waals surface area contributed by atoms with Crippen LogP contribution in [0.3, 0.4) is 0 Å². The third-order valence-corrected chi connectivity index (χ3v) is 5.53. The number of nitrogens with one attached hydrogen (secondary N) is 1. The van der Waals surface area contributed by atoms with E-state index in [2.05, 4.69) is 38.0 Å². The molecule has 0 unspecified atom stereocenters. The summed E-state index contributed by atoms with van der Waals surface area (Å²) in [6, 6.07) is 4.29. The summed E-state index contributed by atoms with van der Waals surface area (Å²) in [5.41, 5.74) is 0. The molecule has 12 heavy (non-hydrogen) atoms. The fourth-order valence-electron chi connectivity index (χ4n) is 0.952. The average molecular weight is 247 g/mol. The van der Waals surface area contributed by atoms with Gasteiger partial charge in [0.2, 0.25) is 0 Å². The molecule has 0 saturated heterocycles. The van der Waals surface area contributed by atoms with E-state index in [9.17, 15) is 0 Å². The van der Waals surface area contributed by atoms with Gasteiger partial charge in [-0.1, -0.05) is 0 Å². The molecule has 0 aliphatic carbocycles. The first kappa shape index (κ1) is 15.1. The molecule has 0 saturated carbocycles. The van der Waals surface area contributed by atoms with E-state index in [1.807, 2.05) is 6.20 Å². The van der Waals surface area contributed by atoms with Gasteiger partial charge in [-0.2, -0.15) is 0 Å². The van der Waals surface area contributed by atoms with Crippen LogP contribution in [-0.4, -0.2) is 4.98 Å². The van der Waals surface area contributed by atoms with Crippen molar-refractivity contribution >= 4 is 28.8 Å². The Morgan fingerprint density at radius 2 is 1.58 bits per heavy atom. The van der Waals surface area contributed by atoms with Crippen molar-refractivity contribution in [2.24, 2.45) is 0 Å². The van der Waals surface area contributed by atoms with E-state index in [4.69, 9.17) is 0 Å². The molecule has 4 heteroatoms. The van der Waals surface area contributed by atoms with Gasteiger partial charge in [-0.3, -0.25) is 0 Å². The standard InChI is InChI=1S/C4H4N.4CH3.2ClH.Ti/c1-2-4-5-3-1;;;;;;;/h1-3,5H;4*1H3;2*1H;. The zero-order chi connectivity index (χ0) is 7.85. The van der Waals surface area contributed by atoms with Crippen molar-refractivity contribution in [3.05, 3.63) is 18.3 Å². The molecule has 73 valence electrons. The van der Waals surface area contributed by atoms with Gasteiger partial charge in [0.15, 0.2) is 0 Å². The van der Waals surface area contributed by atoms with Crippen molar-refractivity contribution in [3.8, 4) is 0 Å². The van der Waals surface area contributed by atoms with E-state index < -0.39 is 15.3 Å². The topological polar surface area (TPSA) is 15.8 Å². The first-order chi connectivity index (χ1) is 4.36. The molecular formula is C8H18Cl2NTi. The first-order valence-corrected chi connectivity index (χ1v) is 10.8. The number of hydrogen-bond acceptors (Lipinski definition) is 0. The molecule has 0 bridgehead atoms. The van der Waals surface area contributed by atoms with Crippen LogP contribution in [0, 0.1) is 0 Å². The van der Waals surface area contributed by atoms with E-state index in [0.29, 0.717) is 0 Å². The summed E-state index contributed by atoms with van der Waals surface area (Å²) in [5.74, 6) is 0. The molecule has 0 radical (unpaired) electrons. The van der Waals surface area contributed by atoms with Crippen LogP contribution in [-0.2, 0) is 15.3 Å². The molecule has 1 rings (SSSR count). The van der Waals surface area contributed by atoms with Crippen LogP contribution in [0.1, 0.15) is 0 Å². The van der Waals surface area contributed by atoms with E-state index in [-0.39, 0.29) is 24.8 Å². The fraction of sp³-hybridized carbons (Fsp3) is 0.500. The third-order valence-electron chi connectivity index (χ3n) is 1.68. The predicted octanol–water partition coefficient (Wildman–Crippen LogP) is 3.37. The van der Waals surface area contributed by atoms with Crippen LogP contribution in [0.4, 0.5) is 0 Å². The summed E-state index contributed by atoms with van der Waals surface area (Å²) in [6.07, 6.45) is 2.01. The van der Waals surface area contributed by atoms with E-state index in [1.165, 1.54) is 4.00 Å². The van der Waals surface area contributed by atoms with Crippen LogP contribution in [0.15, 0.2) is 18.3 Å². The number of halogens is 2. The molecular weight excluding hydrogens is 229 g/mol. The minimum atomic E-state index is -2.13. The summed E-state index contributed by atoms with van der Waals surface area (Å²) in [7, 11) is 0. The average Bonchev–Trinajstić information content (AvgIpc) is 2.04. The quantitative estimate of drug-likeness (QED) is 0.732. The molecule has 1 aromatic heterocycles. The number of aromatic nitrogens is 1. The molecule has 0 amide bonds. The van der Waals surface area contributed by atoms with Crippen LogP contribution < -0.4 is 4.00 Å². The second kappa shape index (κ2) is 4.19. The number of aromatic amines is 1. The molecule has 0 spiro atoms. The van der Waals surface area contributed by atoms with Gasteiger partial charge < -0.3 is 0 Å². The molecule has 0 aliphatic rings. The monoisotopic (exact) mass is 246 g/mol. The Morgan fingerprint density at radius 1 is 1.08 bits per heavy atom. The van der Waals surface area contributed by atoms with Gasteiger partial charge in [0.1, 0.15) is 0 Å². The van der Waals surface area contributed by atoms with Crippen LogP contribution in [0.5, 0.6) is 0 Å². The number of hydrogen-bond donors (Lipinski definition) is 1. The van der Waals surface area contributed by atoms with Crippen molar-refractivity contribution < 1.29 is 15.3 Å². The van der Waals surface area contributed by atoms with Crippen molar-refractivity contribution in [1.82, 2.24) is 4.98 Å². The fourth-order valence-corrected chi connectivity index (χ4v) is 3.18. The Labute approximate surface area is 88.0 Å². The predicted molar refractivity (Wildman–Crippen MR) is 58.4 cm³/mol. The van der Waals surface area contributed by atoms with Crippen LogP contribution in [0.25, 0.3) is 0 Å². The molecule has 1 nitrogen and oxygen atoms in total. The van der Waals surface area contributed by atoms with Gasteiger partial charge in [-0.25, -0.2) is 0 Å². The maximum absolute atomic E-state index is 3.30. The van der Waals surface area contributed by atoms with Gasteiger partial charge in [0.25, 0.3) is 0 Å². The van der Waals surface area contributed by atoms with E-state index >= 15 is 0 Å². The molecule has 0 fully saturated rings.